The van der Waals surface area contributed by atoms with Crippen LogP contribution < -0.4 is 9.47 Å². The second-order valence-electron chi connectivity index (χ2n) is 11.3. The summed E-state index contributed by atoms with van der Waals surface area (Å²) in [6.07, 6.45) is -3.13. The summed E-state index contributed by atoms with van der Waals surface area (Å²) < 4.78 is 143. The Morgan fingerprint density at radius 1 is 0.792 bits per heavy atom. The first-order valence-electron chi connectivity index (χ1n) is 15.0. The molecule has 1 saturated heterocycles. The Hall–Kier alpha value is -4.45. The molecule has 0 bridgehead atoms. The molecule has 254 valence electrons. The van der Waals surface area contributed by atoms with Crippen LogP contribution in [-0.2, 0) is 10.8 Å². The molecule has 12 heteroatoms. The van der Waals surface area contributed by atoms with Crippen molar-refractivity contribution < 1.29 is 53.7 Å². The van der Waals surface area contributed by atoms with E-state index in [0.29, 0.717) is 35.8 Å². The van der Waals surface area contributed by atoms with Crippen LogP contribution >= 0.6 is 0 Å². The molecule has 0 spiro atoms. The Balaban J connectivity index is 1.31. The fourth-order valence-corrected chi connectivity index (χ4v) is 5.60. The van der Waals surface area contributed by atoms with E-state index in [0.717, 1.165) is 37.3 Å². The fourth-order valence-electron chi connectivity index (χ4n) is 5.60. The minimum absolute atomic E-state index is 0.0242. The molecule has 4 aromatic carbocycles. The van der Waals surface area contributed by atoms with Crippen molar-refractivity contribution in [3.63, 3.8) is 0 Å². The van der Waals surface area contributed by atoms with Crippen LogP contribution in [0.25, 0.3) is 22.3 Å². The first-order chi connectivity index (χ1) is 22.9. The van der Waals surface area contributed by atoms with Gasteiger partial charge in [-0.25, -0.2) is 30.7 Å². The van der Waals surface area contributed by atoms with Gasteiger partial charge >= 0.3 is 6.11 Å². The number of benzene rings is 4. The van der Waals surface area contributed by atoms with Crippen LogP contribution in [0.1, 0.15) is 49.8 Å². The molecule has 3 nitrogen and oxygen atoms in total. The molecule has 48 heavy (non-hydrogen) atoms. The Bertz CT molecular complexity index is 1720. The molecule has 5 rings (SSSR count). The molecule has 2 unspecified atom stereocenters. The molecule has 1 aliphatic rings. The largest absolute Gasteiger partial charge is 0.459 e. The molecule has 1 fully saturated rings. The maximum atomic E-state index is 15.2. The highest BCUT2D eigenvalue weighted by Crippen LogP contribution is 2.40. The highest BCUT2D eigenvalue weighted by molar-refractivity contribution is 5.71. The Kier molecular flexibility index (Phi) is 10.7. The minimum Gasteiger partial charge on any atom is -0.459 e. The second kappa shape index (κ2) is 14.8. The van der Waals surface area contributed by atoms with E-state index in [-0.39, 0.29) is 36.1 Å². The number of hydrogen-bond acceptors (Lipinski definition) is 3. The molecule has 0 amide bonds. The van der Waals surface area contributed by atoms with Gasteiger partial charge in [0.15, 0.2) is 17.4 Å². The molecule has 1 aliphatic heterocycles. The van der Waals surface area contributed by atoms with Crippen molar-refractivity contribution in [2.45, 2.75) is 51.2 Å². The maximum Gasteiger partial charge on any atom is 0.432 e. The maximum absolute atomic E-state index is 15.2. The van der Waals surface area contributed by atoms with E-state index in [2.05, 4.69) is 16.4 Å². The Labute approximate surface area is 270 Å². The number of rotatable bonds is 11. The molecular weight excluding hydrogens is 651 g/mol. The third-order valence-corrected chi connectivity index (χ3v) is 7.92. The standard InChI is InChI=1S/C36H29F9O3/c1-2-3-20-4-11-32(47-19-20)22-7-5-21(6-8-22)23-9-10-26(27(37)14-23)24-15-28(38)34(29(39)16-24)36(44,45)48-25-17-30(40)35(31(41)18-25)46-13-12-33(42)43/h5-10,12-18,20,32-33H,2-4,11,19H2,1H3. The monoisotopic (exact) mass is 680 g/mol. The fraction of sp³-hybridized carbons (Fsp3) is 0.278. The van der Waals surface area contributed by atoms with Crippen LogP contribution in [0.2, 0.25) is 0 Å². The summed E-state index contributed by atoms with van der Waals surface area (Å²) in [5.74, 6) is -9.59. The van der Waals surface area contributed by atoms with Crippen molar-refractivity contribution in [2.24, 2.45) is 5.92 Å². The van der Waals surface area contributed by atoms with E-state index >= 15 is 4.39 Å². The molecule has 0 radical (unpaired) electrons. The molecule has 2 atom stereocenters. The van der Waals surface area contributed by atoms with Gasteiger partial charge in [-0.2, -0.15) is 8.78 Å². The number of halogens is 9. The van der Waals surface area contributed by atoms with E-state index < -0.39 is 64.2 Å². The highest BCUT2D eigenvalue weighted by Gasteiger charge is 2.41. The lowest BCUT2D eigenvalue weighted by Crippen LogP contribution is -2.25. The summed E-state index contributed by atoms with van der Waals surface area (Å²) in [6, 6.07) is 12.7. The van der Waals surface area contributed by atoms with E-state index in [1.54, 1.807) is 0 Å². The zero-order chi connectivity index (χ0) is 34.6. The van der Waals surface area contributed by atoms with E-state index in [9.17, 15) is 35.1 Å². The third kappa shape index (κ3) is 7.98. The lowest BCUT2D eigenvalue weighted by molar-refractivity contribution is -0.189. The predicted molar refractivity (Wildman–Crippen MR) is 160 cm³/mol. The molecule has 0 saturated carbocycles. The molecule has 0 aromatic heterocycles. The SMILES string of the molecule is CCCC1CCC(c2ccc(-c3ccc(-c4cc(F)c(C(F)(F)Oc5cc(F)c(OC=CC(F)F)c(F)c5)c(F)c4)c(F)c3)cc2)OC1. The molecule has 4 aromatic rings. The predicted octanol–water partition coefficient (Wildman–Crippen LogP) is 11.3. The van der Waals surface area contributed by atoms with Gasteiger partial charge in [0.25, 0.3) is 6.43 Å². The quantitative estimate of drug-likeness (QED) is 0.117. The number of alkyl halides is 4. The van der Waals surface area contributed by atoms with Gasteiger partial charge < -0.3 is 14.2 Å². The summed E-state index contributed by atoms with van der Waals surface area (Å²) in [6.45, 7) is 2.85. The van der Waals surface area contributed by atoms with Crippen LogP contribution in [-0.4, -0.2) is 13.0 Å². The van der Waals surface area contributed by atoms with Gasteiger partial charge in [-0.3, -0.25) is 0 Å². The van der Waals surface area contributed by atoms with Gasteiger partial charge in [-0.05, 0) is 65.6 Å². The normalized spacial score (nSPS) is 16.9. The second-order valence-corrected chi connectivity index (χ2v) is 11.3. The summed E-state index contributed by atoms with van der Waals surface area (Å²) in [4.78, 5) is 0. The van der Waals surface area contributed by atoms with Gasteiger partial charge in [0.2, 0.25) is 0 Å². The van der Waals surface area contributed by atoms with Crippen LogP contribution in [0.4, 0.5) is 39.5 Å². The number of allylic oxidation sites excluding steroid dienone is 1. The average molecular weight is 681 g/mol. The summed E-state index contributed by atoms with van der Waals surface area (Å²) in [5.41, 5.74) is -0.428. The lowest BCUT2D eigenvalue weighted by atomic mass is 9.91. The van der Waals surface area contributed by atoms with E-state index in [1.807, 2.05) is 24.3 Å². The summed E-state index contributed by atoms with van der Waals surface area (Å²) in [5, 5.41) is 0. The topological polar surface area (TPSA) is 27.7 Å². The van der Waals surface area contributed by atoms with Gasteiger partial charge in [0.05, 0.1) is 19.0 Å². The van der Waals surface area contributed by atoms with Gasteiger partial charge in [-0.1, -0.05) is 49.7 Å². The van der Waals surface area contributed by atoms with Crippen LogP contribution in [0.3, 0.4) is 0 Å². The van der Waals surface area contributed by atoms with Crippen molar-refractivity contribution in [3.8, 4) is 33.8 Å². The molecule has 0 aliphatic carbocycles. The highest BCUT2D eigenvalue weighted by atomic mass is 19.3. The average Bonchev–Trinajstić information content (AvgIpc) is 3.02. The minimum atomic E-state index is -4.79. The number of hydrogen-bond donors (Lipinski definition) is 0. The molecular formula is C36H29F9O3. The lowest BCUT2D eigenvalue weighted by Gasteiger charge is -2.29. The third-order valence-electron chi connectivity index (χ3n) is 7.92. The van der Waals surface area contributed by atoms with Crippen molar-refractivity contribution in [1.29, 1.82) is 0 Å². The van der Waals surface area contributed by atoms with E-state index in [1.165, 1.54) is 12.1 Å². The van der Waals surface area contributed by atoms with E-state index in [4.69, 9.17) is 4.74 Å². The molecule has 0 N–H and O–H groups in total. The zero-order valence-electron chi connectivity index (χ0n) is 25.4. The Morgan fingerprint density at radius 3 is 1.98 bits per heavy atom. The van der Waals surface area contributed by atoms with Crippen LogP contribution in [0.5, 0.6) is 11.5 Å². The van der Waals surface area contributed by atoms with Crippen molar-refractivity contribution >= 4 is 0 Å². The van der Waals surface area contributed by atoms with Gasteiger partial charge in [0, 0.05) is 23.8 Å². The first kappa shape index (κ1) is 34.9. The summed E-state index contributed by atoms with van der Waals surface area (Å²) >= 11 is 0. The summed E-state index contributed by atoms with van der Waals surface area (Å²) in [7, 11) is 0. The molecule has 1 heterocycles. The van der Waals surface area contributed by atoms with Crippen molar-refractivity contribution in [1.82, 2.24) is 0 Å². The van der Waals surface area contributed by atoms with Gasteiger partial charge in [0.1, 0.15) is 28.8 Å². The van der Waals surface area contributed by atoms with Crippen LogP contribution in [0, 0.1) is 35.0 Å². The smallest absolute Gasteiger partial charge is 0.432 e. The zero-order valence-corrected chi connectivity index (χ0v) is 25.4. The van der Waals surface area contributed by atoms with Crippen molar-refractivity contribution in [3.05, 3.63) is 119 Å². The van der Waals surface area contributed by atoms with Gasteiger partial charge in [-0.15, -0.1) is 0 Å². The number of ether oxygens (including phenoxy) is 3. The first-order valence-corrected chi connectivity index (χ1v) is 15.0. The Morgan fingerprint density at radius 2 is 1.42 bits per heavy atom. The van der Waals surface area contributed by atoms with Crippen molar-refractivity contribution in [2.75, 3.05) is 6.61 Å². The van der Waals surface area contributed by atoms with Crippen LogP contribution in [0.15, 0.2) is 79.1 Å².